The van der Waals surface area contributed by atoms with Crippen molar-refractivity contribution in [1.29, 1.82) is 0 Å². The maximum absolute atomic E-state index is 12.1. The molecule has 0 atom stereocenters. The molecule has 5 nitrogen and oxygen atoms in total. The SMILES string of the molecule is CCN(CC)C(=O)CP(=O)(OCC(F)(F)F)OCC(F)(F)F. The number of hydrogen-bond acceptors (Lipinski definition) is 4. The fourth-order valence-electron chi connectivity index (χ4n) is 1.31. The van der Waals surface area contributed by atoms with Gasteiger partial charge < -0.3 is 4.90 Å². The van der Waals surface area contributed by atoms with Crippen LogP contribution in [0, 0.1) is 0 Å². The molecular weight excluding hydrogens is 343 g/mol. The summed E-state index contributed by atoms with van der Waals surface area (Å²) in [4.78, 5) is 12.8. The third-order valence-corrected chi connectivity index (χ3v) is 4.00. The number of halogens is 6. The first-order valence-corrected chi connectivity index (χ1v) is 7.84. The fourth-order valence-corrected chi connectivity index (χ4v) is 2.79. The number of amides is 1. The molecule has 132 valence electrons. The summed E-state index contributed by atoms with van der Waals surface area (Å²) in [6.45, 7) is -0.776. The molecule has 0 rings (SSSR count). The first kappa shape index (κ1) is 21.2. The van der Waals surface area contributed by atoms with Crippen LogP contribution in [0.1, 0.15) is 13.8 Å². The van der Waals surface area contributed by atoms with Crippen LogP contribution in [0.2, 0.25) is 0 Å². The average Bonchev–Trinajstić information content (AvgIpc) is 2.34. The van der Waals surface area contributed by atoms with E-state index in [9.17, 15) is 35.7 Å². The molecule has 0 aromatic rings. The second-order valence-corrected chi connectivity index (χ2v) is 6.17. The topological polar surface area (TPSA) is 55.8 Å². The number of nitrogens with zero attached hydrogens (tertiary/aromatic N) is 1. The molecule has 0 bridgehead atoms. The monoisotopic (exact) mass is 359 g/mol. The lowest BCUT2D eigenvalue weighted by molar-refractivity contribution is -0.165. The zero-order valence-corrected chi connectivity index (χ0v) is 12.7. The Kier molecular flexibility index (Phi) is 7.87. The Labute approximate surface area is 123 Å². The van der Waals surface area contributed by atoms with Crippen molar-refractivity contribution in [2.75, 3.05) is 32.5 Å². The van der Waals surface area contributed by atoms with Crippen LogP contribution in [0.4, 0.5) is 26.3 Å². The lowest BCUT2D eigenvalue weighted by atomic mass is 10.5. The van der Waals surface area contributed by atoms with E-state index in [2.05, 4.69) is 9.05 Å². The molecule has 0 radical (unpaired) electrons. The van der Waals surface area contributed by atoms with E-state index in [0.29, 0.717) is 0 Å². The molecule has 0 saturated heterocycles. The molecule has 0 heterocycles. The van der Waals surface area contributed by atoms with Crippen LogP contribution < -0.4 is 0 Å². The summed E-state index contributed by atoms with van der Waals surface area (Å²) in [7, 11) is -4.88. The van der Waals surface area contributed by atoms with Crippen molar-refractivity contribution >= 4 is 13.5 Å². The van der Waals surface area contributed by atoms with Gasteiger partial charge in [-0.25, -0.2) is 0 Å². The standard InChI is InChI=1S/C10H16F6NO4P/c1-3-17(4-2)8(18)5-22(19,20-6-9(11,12)13)21-7-10(14,15)16/h3-7H2,1-2H3. The minimum atomic E-state index is -4.92. The van der Waals surface area contributed by atoms with Crippen LogP contribution in [0.3, 0.4) is 0 Å². The predicted molar refractivity (Wildman–Crippen MR) is 64.4 cm³/mol. The smallest absolute Gasteiger partial charge is 0.343 e. The van der Waals surface area contributed by atoms with Gasteiger partial charge in [0.1, 0.15) is 6.16 Å². The van der Waals surface area contributed by atoms with Gasteiger partial charge in [0.25, 0.3) is 0 Å². The molecule has 0 unspecified atom stereocenters. The zero-order chi connectivity index (χ0) is 17.6. The Hall–Kier alpha value is -0.800. The Morgan fingerprint density at radius 2 is 1.32 bits per heavy atom. The molecule has 0 aromatic heterocycles. The van der Waals surface area contributed by atoms with Crippen molar-refractivity contribution < 1.29 is 44.7 Å². The second kappa shape index (κ2) is 8.16. The summed E-state index contributed by atoms with van der Waals surface area (Å²) < 4.78 is 92.3. The molecule has 0 aliphatic carbocycles. The van der Waals surface area contributed by atoms with E-state index in [-0.39, 0.29) is 13.1 Å². The normalized spacial score (nSPS) is 13.3. The first-order chi connectivity index (χ1) is 9.82. The highest BCUT2D eigenvalue weighted by atomic mass is 31.2. The summed E-state index contributed by atoms with van der Waals surface area (Å²) in [5.74, 6) is -0.919. The third-order valence-electron chi connectivity index (χ3n) is 2.29. The van der Waals surface area contributed by atoms with Gasteiger partial charge in [-0.1, -0.05) is 0 Å². The Balaban J connectivity index is 4.99. The molecule has 0 aliphatic heterocycles. The van der Waals surface area contributed by atoms with Gasteiger partial charge in [-0.05, 0) is 13.8 Å². The summed E-state index contributed by atoms with van der Waals surface area (Å²) >= 11 is 0. The highest BCUT2D eigenvalue weighted by Crippen LogP contribution is 2.50. The minimum Gasteiger partial charge on any atom is -0.343 e. The molecule has 1 amide bonds. The minimum absolute atomic E-state index is 0.147. The number of hydrogen-bond donors (Lipinski definition) is 0. The second-order valence-electron chi connectivity index (χ2n) is 4.11. The van der Waals surface area contributed by atoms with Gasteiger partial charge in [0.15, 0.2) is 13.2 Å². The van der Waals surface area contributed by atoms with Crippen molar-refractivity contribution in [3.8, 4) is 0 Å². The van der Waals surface area contributed by atoms with Crippen LogP contribution in [0.15, 0.2) is 0 Å². The number of carbonyl (C=O) groups excluding carboxylic acids is 1. The molecule has 0 fully saturated rings. The number of alkyl halides is 6. The summed E-state index contributed by atoms with van der Waals surface area (Å²) in [6, 6.07) is 0. The Morgan fingerprint density at radius 3 is 1.59 bits per heavy atom. The summed E-state index contributed by atoms with van der Waals surface area (Å²) in [5, 5.41) is 0. The third kappa shape index (κ3) is 9.26. The average molecular weight is 359 g/mol. The first-order valence-electron chi connectivity index (χ1n) is 6.11. The molecule has 22 heavy (non-hydrogen) atoms. The largest absolute Gasteiger partial charge is 0.412 e. The van der Waals surface area contributed by atoms with E-state index in [1.807, 2.05) is 0 Å². The van der Waals surface area contributed by atoms with Crippen molar-refractivity contribution in [1.82, 2.24) is 4.90 Å². The Morgan fingerprint density at radius 1 is 0.955 bits per heavy atom. The molecular formula is C10H16F6NO4P. The molecule has 0 spiro atoms. The van der Waals surface area contributed by atoms with Crippen molar-refractivity contribution in [3.63, 3.8) is 0 Å². The van der Waals surface area contributed by atoms with E-state index >= 15 is 0 Å². The highest BCUT2D eigenvalue weighted by molar-refractivity contribution is 7.54. The van der Waals surface area contributed by atoms with Gasteiger partial charge in [-0.2, -0.15) is 26.3 Å². The highest BCUT2D eigenvalue weighted by Gasteiger charge is 2.40. The van der Waals surface area contributed by atoms with Gasteiger partial charge in [0.05, 0.1) is 0 Å². The van der Waals surface area contributed by atoms with E-state index in [1.165, 1.54) is 0 Å². The van der Waals surface area contributed by atoms with Gasteiger partial charge in [-0.15, -0.1) is 0 Å². The Bertz CT molecular complexity index is 385. The van der Waals surface area contributed by atoms with Gasteiger partial charge in [0, 0.05) is 13.1 Å². The van der Waals surface area contributed by atoms with Crippen molar-refractivity contribution in [2.24, 2.45) is 0 Å². The molecule has 0 N–H and O–H groups in total. The van der Waals surface area contributed by atoms with Gasteiger partial charge in [-0.3, -0.25) is 18.4 Å². The quantitative estimate of drug-likeness (QED) is 0.493. The van der Waals surface area contributed by atoms with Crippen LogP contribution in [0.25, 0.3) is 0 Å². The number of carbonyl (C=O) groups is 1. The van der Waals surface area contributed by atoms with Crippen LogP contribution in [0.5, 0.6) is 0 Å². The van der Waals surface area contributed by atoms with Crippen molar-refractivity contribution in [3.05, 3.63) is 0 Å². The van der Waals surface area contributed by atoms with E-state index in [1.54, 1.807) is 13.8 Å². The summed E-state index contributed by atoms with van der Waals surface area (Å²) in [5.41, 5.74) is 0. The maximum Gasteiger partial charge on any atom is 0.412 e. The number of rotatable bonds is 8. The van der Waals surface area contributed by atoms with Crippen molar-refractivity contribution in [2.45, 2.75) is 26.2 Å². The lowest BCUT2D eigenvalue weighted by Crippen LogP contribution is -2.34. The molecule has 0 saturated carbocycles. The van der Waals surface area contributed by atoms with E-state index in [0.717, 1.165) is 4.90 Å². The van der Waals surface area contributed by atoms with Gasteiger partial charge in [0.2, 0.25) is 5.91 Å². The fraction of sp³-hybridized carbons (Fsp3) is 0.900. The van der Waals surface area contributed by atoms with E-state index < -0.39 is 45.2 Å². The molecule has 0 aromatic carbocycles. The molecule has 0 aliphatic rings. The molecule has 12 heteroatoms. The summed E-state index contributed by atoms with van der Waals surface area (Å²) in [6.07, 6.45) is -11.0. The maximum atomic E-state index is 12.1. The predicted octanol–water partition coefficient (Wildman–Crippen LogP) is 3.21. The van der Waals surface area contributed by atoms with Gasteiger partial charge >= 0.3 is 19.9 Å². The lowest BCUT2D eigenvalue weighted by Gasteiger charge is -2.23. The van der Waals surface area contributed by atoms with Crippen LogP contribution >= 0.6 is 7.60 Å². The zero-order valence-electron chi connectivity index (χ0n) is 11.8. The van der Waals surface area contributed by atoms with E-state index in [4.69, 9.17) is 0 Å². The van der Waals surface area contributed by atoms with Crippen LogP contribution in [-0.4, -0.2) is 55.6 Å². The van der Waals surface area contributed by atoms with Crippen LogP contribution in [-0.2, 0) is 18.4 Å².